The summed E-state index contributed by atoms with van der Waals surface area (Å²) >= 11 is 0. The molecule has 2 aromatic carbocycles. The van der Waals surface area contributed by atoms with Crippen molar-refractivity contribution in [2.24, 2.45) is 0 Å². The molecule has 7 nitrogen and oxygen atoms in total. The molecule has 0 saturated carbocycles. The highest BCUT2D eigenvalue weighted by molar-refractivity contribution is 5.89. The lowest BCUT2D eigenvalue weighted by Crippen LogP contribution is -2.22. The van der Waals surface area contributed by atoms with Crippen molar-refractivity contribution in [3.8, 4) is 5.69 Å². The van der Waals surface area contributed by atoms with Gasteiger partial charge in [-0.05, 0) is 30.7 Å². The zero-order chi connectivity index (χ0) is 20.5. The molecule has 0 unspecified atom stereocenters. The fourth-order valence-electron chi connectivity index (χ4n) is 3.55. The third-order valence-corrected chi connectivity index (χ3v) is 4.78. The first kappa shape index (κ1) is 18.5. The first-order valence-electron chi connectivity index (χ1n) is 9.21. The molecule has 4 rings (SSSR count). The van der Waals surface area contributed by atoms with Gasteiger partial charge in [0.25, 0.3) is 11.1 Å². The molecule has 4 aromatic rings. The maximum Gasteiger partial charge on any atom is 0.276 e. The van der Waals surface area contributed by atoms with E-state index >= 15 is 0 Å². The molecule has 2 aromatic heterocycles. The lowest BCUT2D eigenvalue weighted by atomic mass is 10.2. The number of amides is 1. The molecule has 0 spiro atoms. The van der Waals surface area contributed by atoms with Gasteiger partial charge in [-0.25, -0.2) is 4.68 Å². The van der Waals surface area contributed by atoms with Crippen LogP contribution in [0.5, 0.6) is 0 Å². The Hall–Kier alpha value is -3.87. The standard InChI is InChI=1S/C22H20N4O3/c1-14-21-19(24-25(22(21)29)13-16-7-4-3-5-8-16)12-20(28)26(14)18-10-6-9-17(11-18)23-15(2)27/h3-12,24H,13H2,1-2H3,(H,23,27). The Bertz CT molecular complexity index is 1330. The van der Waals surface area contributed by atoms with E-state index in [1.165, 1.54) is 22.2 Å². The zero-order valence-electron chi connectivity index (χ0n) is 16.1. The summed E-state index contributed by atoms with van der Waals surface area (Å²) in [7, 11) is 0. The highest BCUT2D eigenvalue weighted by Gasteiger charge is 2.15. The van der Waals surface area contributed by atoms with Crippen LogP contribution >= 0.6 is 0 Å². The molecular weight excluding hydrogens is 368 g/mol. The van der Waals surface area contributed by atoms with Crippen molar-refractivity contribution in [2.75, 3.05) is 5.32 Å². The van der Waals surface area contributed by atoms with Gasteiger partial charge in [-0.2, -0.15) is 0 Å². The second-order valence-electron chi connectivity index (χ2n) is 6.91. The fourth-order valence-corrected chi connectivity index (χ4v) is 3.55. The minimum Gasteiger partial charge on any atom is -0.326 e. The number of aromatic amines is 1. The number of pyridine rings is 1. The van der Waals surface area contributed by atoms with E-state index in [9.17, 15) is 14.4 Å². The highest BCUT2D eigenvalue weighted by atomic mass is 16.1. The number of nitrogens with one attached hydrogen (secondary N) is 2. The van der Waals surface area contributed by atoms with Gasteiger partial charge in [0.05, 0.1) is 23.1 Å². The van der Waals surface area contributed by atoms with Crippen LogP contribution in [0.4, 0.5) is 5.69 Å². The SMILES string of the molecule is CC(=O)Nc1cccc(-n2c(C)c3c(=O)n(Cc4ccccc4)[nH]c3cc2=O)c1. The van der Waals surface area contributed by atoms with Gasteiger partial charge in [-0.3, -0.25) is 24.0 Å². The van der Waals surface area contributed by atoms with E-state index in [1.54, 1.807) is 31.2 Å². The summed E-state index contributed by atoms with van der Waals surface area (Å²) in [6.07, 6.45) is 0. The topological polar surface area (TPSA) is 88.9 Å². The number of hydrogen-bond acceptors (Lipinski definition) is 3. The molecule has 1 amide bonds. The van der Waals surface area contributed by atoms with Gasteiger partial charge in [0.2, 0.25) is 5.91 Å². The number of carbonyl (C=O) groups excluding carboxylic acids is 1. The maximum absolute atomic E-state index is 13.0. The van der Waals surface area contributed by atoms with Crippen LogP contribution in [-0.2, 0) is 11.3 Å². The van der Waals surface area contributed by atoms with Crippen LogP contribution in [0.3, 0.4) is 0 Å². The Kier molecular flexibility index (Phi) is 4.64. The van der Waals surface area contributed by atoms with Crippen molar-refractivity contribution in [1.82, 2.24) is 14.3 Å². The molecule has 0 bridgehead atoms. The average Bonchev–Trinajstić information content (AvgIpc) is 2.97. The Balaban J connectivity index is 1.85. The van der Waals surface area contributed by atoms with E-state index in [-0.39, 0.29) is 17.0 Å². The Morgan fingerprint density at radius 1 is 1.03 bits per heavy atom. The molecule has 0 radical (unpaired) electrons. The number of hydrogen-bond donors (Lipinski definition) is 2. The average molecular weight is 388 g/mol. The van der Waals surface area contributed by atoms with Gasteiger partial charge in [-0.15, -0.1) is 0 Å². The molecule has 0 aliphatic rings. The molecule has 2 N–H and O–H groups in total. The summed E-state index contributed by atoms with van der Waals surface area (Å²) in [4.78, 5) is 37.2. The summed E-state index contributed by atoms with van der Waals surface area (Å²) in [5.41, 5.74) is 2.74. The minimum atomic E-state index is -0.261. The van der Waals surface area contributed by atoms with Crippen LogP contribution in [-0.4, -0.2) is 20.3 Å². The number of carbonyl (C=O) groups is 1. The van der Waals surface area contributed by atoms with Crippen molar-refractivity contribution in [3.05, 3.63) is 92.6 Å². The second kappa shape index (κ2) is 7.27. The van der Waals surface area contributed by atoms with Crippen molar-refractivity contribution in [3.63, 3.8) is 0 Å². The highest BCUT2D eigenvalue weighted by Crippen LogP contribution is 2.18. The fraction of sp³-hybridized carbons (Fsp3) is 0.136. The van der Waals surface area contributed by atoms with Crippen molar-refractivity contribution in [2.45, 2.75) is 20.4 Å². The zero-order valence-corrected chi connectivity index (χ0v) is 16.1. The summed E-state index contributed by atoms with van der Waals surface area (Å²) in [5, 5.41) is 6.21. The predicted molar refractivity (Wildman–Crippen MR) is 113 cm³/mol. The number of nitrogens with zero attached hydrogens (tertiary/aromatic N) is 2. The van der Waals surface area contributed by atoms with Crippen LogP contribution in [0.15, 0.2) is 70.3 Å². The van der Waals surface area contributed by atoms with Crippen LogP contribution in [0.25, 0.3) is 16.6 Å². The van der Waals surface area contributed by atoms with Gasteiger partial charge in [0.1, 0.15) is 0 Å². The van der Waals surface area contributed by atoms with E-state index in [0.717, 1.165) is 5.56 Å². The lowest BCUT2D eigenvalue weighted by molar-refractivity contribution is -0.114. The second-order valence-corrected chi connectivity index (χ2v) is 6.91. The number of aryl methyl sites for hydroxylation is 1. The largest absolute Gasteiger partial charge is 0.326 e. The number of anilines is 1. The van der Waals surface area contributed by atoms with Gasteiger partial charge in [0.15, 0.2) is 0 Å². The number of H-pyrrole nitrogens is 1. The van der Waals surface area contributed by atoms with Gasteiger partial charge in [0, 0.05) is 24.4 Å². The van der Waals surface area contributed by atoms with Gasteiger partial charge < -0.3 is 5.32 Å². The first-order chi connectivity index (χ1) is 13.9. The van der Waals surface area contributed by atoms with E-state index in [2.05, 4.69) is 10.4 Å². The molecule has 7 heteroatoms. The molecule has 2 heterocycles. The van der Waals surface area contributed by atoms with Crippen LogP contribution in [0.1, 0.15) is 18.2 Å². The maximum atomic E-state index is 13.0. The molecule has 29 heavy (non-hydrogen) atoms. The Labute approximate surface area is 166 Å². The summed E-state index contributed by atoms with van der Waals surface area (Å²) in [6, 6.07) is 18.0. The molecule has 0 aliphatic carbocycles. The van der Waals surface area contributed by atoms with E-state index < -0.39 is 0 Å². The molecule has 0 fully saturated rings. The predicted octanol–water partition coefficient (Wildman–Crippen LogP) is 2.80. The van der Waals surface area contributed by atoms with E-state index in [1.807, 2.05) is 30.3 Å². The molecular formula is C22H20N4O3. The lowest BCUT2D eigenvalue weighted by Gasteiger charge is -2.12. The summed E-state index contributed by atoms with van der Waals surface area (Å²) in [5.74, 6) is -0.198. The van der Waals surface area contributed by atoms with Crippen LogP contribution in [0.2, 0.25) is 0 Å². The minimum absolute atomic E-state index is 0.187. The van der Waals surface area contributed by atoms with E-state index in [4.69, 9.17) is 0 Å². The quantitative estimate of drug-likeness (QED) is 0.563. The third kappa shape index (κ3) is 3.50. The smallest absolute Gasteiger partial charge is 0.276 e. The van der Waals surface area contributed by atoms with Crippen LogP contribution in [0, 0.1) is 6.92 Å². The third-order valence-electron chi connectivity index (χ3n) is 4.78. The Morgan fingerprint density at radius 3 is 2.52 bits per heavy atom. The number of aromatic nitrogens is 3. The monoisotopic (exact) mass is 388 g/mol. The molecule has 0 saturated heterocycles. The van der Waals surface area contributed by atoms with Gasteiger partial charge >= 0.3 is 0 Å². The van der Waals surface area contributed by atoms with Crippen LogP contribution < -0.4 is 16.4 Å². The van der Waals surface area contributed by atoms with Gasteiger partial charge in [-0.1, -0.05) is 36.4 Å². The van der Waals surface area contributed by atoms with Crippen molar-refractivity contribution < 1.29 is 4.79 Å². The summed E-state index contributed by atoms with van der Waals surface area (Å²) < 4.78 is 2.99. The molecule has 0 aliphatic heterocycles. The first-order valence-corrected chi connectivity index (χ1v) is 9.21. The van der Waals surface area contributed by atoms with Crippen molar-refractivity contribution in [1.29, 1.82) is 0 Å². The molecule has 0 atom stereocenters. The summed E-state index contributed by atoms with van der Waals surface area (Å²) in [6.45, 7) is 3.56. The number of fused-ring (bicyclic) bond motifs is 1. The number of rotatable bonds is 4. The molecule has 146 valence electrons. The van der Waals surface area contributed by atoms with Crippen molar-refractivity contribution >= 4 is 22.5 Å². The number of benzene rings is 2. The van der Waals surface area contributed by atoms with E-state index in [0.29, 0.717) is 34.5 Å². The normalized spacial score (nSPS) is 11.0. The Morgan fingerprint density at radius 2 is 1.79 bits per heavy atom.